The van der Waals surface area contributed by atoms with Crippen molar-refractivity contribution < 1.29 is 4.79 Å². The van der Waals surface area contributed by atoms with Gasteiger partial charge in [0.25, 0.3) is 0 Å². The maximum atomic E-state index is 11.5. The van der Waals surface area contributed by atoms with Crippen LogP contribution in [0.1, 0.15) is 31.4 Å². The third kappa shape index (κ3) is 4.98. The molecule has 0 aliphatic heterocycles. The highest BCUT2D eigenvalue weighted by molar-refractivity contribution is 5.78. The van der Waals surface area contributed by atoms with E-state index in [2.05, 4.69) is 16.7 Å². The lowest BCUT2D eigenvalue weighted by atomic mass is 10.1. The number of rotatable bonds is 6. The van der Waals surface area contributed by atoms with Gasteiger partial charge in [-0.15, -0.1) is 0 Å². The van der Waals surface area contributed by atoms with Gasteiger partial charge in [-0.2, -0.15) is 5.26 Å². The number of nitriles is 1. The number of carbonyl (C=O) groups excluding carboxylic acids is 1. The third-order valence-electron chi connectivity index (χ3n) is 2.69. The molecular formula is C14H19N3O. The van der Waals surface area contributed by atoms with Crippen LogP contribution >= 0.6 is 0 Å². The van der Waals surface area contributed by atoms with E-state index in [9.17, 15) is 4.79 Å². The Kier molecular flexibility index (Phi) is 5.89. The Bertz CT molecular complexity index is 437. The van der Waals surface area contributed by atoms with Crippen LogP contribution in [-0.2, 0) is 11.3 Å². The molecule has 1 amide bonds. The molecule has 0 bridgehead atoms. The molecule has 0 saturated carbocycles. The molecular weight excluding hydrogens is 226 g/mol. The van der Waals surface area contributed by atoms with Gasteiger partial charge in [0.05, 0.1) is 18.2 Å². The Morgan fingerprint density at radius 1 is 1.50 bits per heavy atom. The minimum atomic E-state index is 0.000729. The Balaban J connectivity index is 2.33. The van der Waals surface area contributed by atoms with Crippen LogP contribution in [0.3, 0.4) is 0 Å². The number of benzene rings is 1. The van der Waals surface area contributed by atoms with Crippen LogP contribution in [0.2, 0.25) is 0 Å². The zero-order valence-electron chi connectivity index (χ0n) is 10.9. The lowest BCUT2D eigenvalue weighted by Crippen LogP contribution is -2.38. The van der Waals surface area contributed by atoms with Crippen molar-refractivity contribution in [3.05, 3.63) is 35.4 Å². The predicted octanol–water partition coefficient (Wildman–Crippen LogP) is 1.56. The highest BCUT2D eigenvalue weighted by Gasteiger charge is 2.04. The quantitative estimate of drug-likeness (QED) is 0.799. The van der Waals surface area contributed by atoms with E-state index < -0.39 is 0 Å². The molecule has 2 N–H and O–H groups in total. The van der Waals surface area contributed by atoms with Crippen LogP contribution in [0.25, 0.3) is 0 Å². The van der Waals surface area contributed by atoms with Gasteiger partial charge in [-0.05, 0) is 31.0 Å². The fraction of sp³-hybridized carbons (Fsp3) is 0.429. The fourth-order valence-corrected chi connectivity index (χ4v) is 1.50. The zero-order chi connectivity index (χ0) is 13.4. The van der Waals surface area contributed by atoms with Gasteiger partial charge in [-0.25, -0.2) is 0 Å². The van der Waals surface area contributed by atoms with Crippen LogP contribution in [0.5, 0.6) is 0 Å². The average molecular weight is 245 g/mol. The first kappa shape index (κ1) is 14.2. The van der Waals surface area contributed by atoms with Gasteiger partial charge in [0, 0.05) is 12.6 Å². The number of carbonyl (C=O) groups is 1. The minimum absolute atomic E-state index is 0.000729. The van der Waals surface area contributed by atoms with Gasteiger partial charge in [-0.1, -0.05) is 19.1 Å². The van der Waals surface area contributed by atoms with Crippen molar-refractivity contribution in [3.63, 3.8) is 0 Å². The lowest BCUT2D eigenvalue weighted by Gasteiger charge is -2.11. The predicted molar refractivity (Wildman–Crippen MR) is 70.8 cm³/mol. The van der Waals surface area contributed by atoms with Crippen molar-refractivity contribution in [2.24, 2.45) is 0 Å². The van der Waals surface area contributed by atoms with Crippen LogP contribution in [0, 0.1) is 11.3 Å². The largest absolute Gasteiger partial charge is 0.353 e. The van der Waals surface area contributed by atoms with E-state index in [1.165, 1.54) is 0 Å². The highest BCUT2D eigenvalue weighted by Crippen LogP contribution is 2.03. The number of nitrogens with one attached hydrogen (secondary N) is 2. The number of hydrogen-bond donors (Lipinski definition) is 2. The van der Waals surface area contributed by atoms with E-state index >= 15 is 0 Å². The second kappa shape index (κ2) is 7.46. The molecule has 0 saturated heterocycles. The summed E-state index contributed by atoms with van der Waals surface area (Å²) >= 11 is 0. The summed E-state index contributed by atoms with van der Waals surface area (Å²) in [6.07, 6.45) is 0.927. The van der Waals surface area contributed by atoms with E-state index in [0.717, 1.165) is 12.0 Å². The molecule has 1 aromatic rings. The molecule has 1 atom stereocenters. The Labute approximate surface area is 108 Å². The standard InChI is InChI=1S/C14H19N3O/c1-3-11(2)17-14(18)10-16-9-13-6-4-5-12(7-13)8-15/h4-7,11,16H,3,9-10H2,1-2H3,(H,17,18). The van der Waals surface area contributed by atoms with E-state index in [1.807, 2.05) is 32.0 Å². The van der Waals surface area contributed by atoms with Gasteiger partial charge < -0.3 is 10.6 Å². The summed E-state index contributed by atoms with van der Waals surface area (Å²) in [5.41, 5.74) is 1.64. The zero-order valence-corrected chi connectivity index (χ0v) is 10.9. The van der Waals surface area contributed by atoms with Crippen molar-refractivity contribution in [3.8, 4) is 6.07 Å². The summed E-state index contributed by atoms with van der Waals surface area (Å²) in [6.45, 7) is 4.89. The summed E-state index contributed by atoms with van der Waals surface area (Å²) < 4.78 is 0. The SMILES string of the molecule is CCC(C)NC(=O)CNCc1cccc(C#N)c1. The first-order valence-corrected chi connectivity index (χ1v) is 6.14. The molecule has 18 heavy (non-hydrogen) atoms. The number of nitrogens with zero attached hydrogens (tertiary/aromatic N) is 1. The van der Waals surface area contributed by atoms with E-state index in [4.69, 9.17) is 5.26 Å². The minimum Gasteiger partial charge on any atom is -0.353 e. The molecule has 0 fully saturated rings. The monoisotopic (exact) mass is 245 g/mol. The van der Waals surface area contributed by atoms with Gasteiger partial charge >= 0.3 is 0 Å². The van der Waals surface area contributed by atoms with Crippen LogP contribution in [-0.4, -0.2) is 18.5 Å². The summed E-state index contributed by atoms with van der Waals surface area (Å²) in [6, 6.07) is 9.66. The summed E-state index contributed by atoms with van der Waals surface area (Å²) in [7, 11) is 0. The molecule has 96 valence electrons. The number of hydrogen-bond acceptors (Lipinski definition) is 3. The normalized spacial score (nSPS) is 11.6. The highest BCUT2D eigenvalue weighted by atomic mass is 16.1. The van der Waals surface area contributed by atoms with Crippen molar-refractivity contribution >= 4 is 5.91 Å². The summed E-state index contributed by atoms with van der Waals surface area (Å²) in [4.78, 5) is 11.5. The van der Waals surface area contributed by atoms with E-state index in [-0.39, 0.29) is 11.9 Å². The molecule has 1 aromatic carbocycles. The maximum Gasteiger partial charge on any atom is 0.234 e. The molecule has 1 unspecified atom stereocenters. The summed E-state index contributed by atoms with van der Waals surface area (Å²) in [5, 5.41) is 14.7. The van der Waals surface area contributed by atoms with Gasteiger partial charge in [0.2, 0.25) is 5.91 Å². The van der Waals surface area contributed by atoms with E-state index in [1.54, 1.807) is 6.07 Å². The van der Waals surface area contributed by atoms with E-state index in [0.29, 0.717) is 18.7 Å². The van der Waals surface area contributed by atoms with Crippen molar-refractivity contribution in [2.45, 2.75) is 32.9 Å². The molecule has 0 aliphatic carbocycles. The second-order valence-electron chi connectivity index (χ2n) is 4.29. The topological polar surface area (TPSA) is 64.9 Å². The average Bonchev–Trinajstić information content (AvgIpc) is 2.38. The molecule has 0 aliphatic rings. The Hall–Kier alpha value is -1.86. The molecule has 4 nitrogen and oxygen atoms in total. The molecule has 0 heterocycles. The Morgan fingerprint density at radius 3 is 2.94 bits per heavy atom. The molecule has 1 rings (SSSR count). The van der Waals surface area contributed by atoms with Crippen LogP contribution < -0.4 is 10.6 Å². The van der Waals surface area contributed by atoms with Gasteiger partial charge in [0.15, 0.2) is 0 Å². The van der Waals surface area contributed by atoms with Crippen molar-refractivity contribution in [1.82, 2.24) is 10.6 Å². The number of amides is 1. The molecule has 4 heteroatoms. The fourth-order valence-electron chi connectivity index (χ4n) is 1.50. The lowest BCUT2D eigenvalue weighted by molar-refractivity contribution is -0.120. The summed E-state index contributed by atoms with van der Waals surface area (Å²) in [5.74, 6) is 0.000729. The Morgan fingerprint density at radius 2 is 2.28 bits per heavy atom. The first-order valence-electron chi connectivity index (χ1n) is 6.14. The van der Waals surface area contributed by atoms with Gasteiger partial charge in [0.1, 0.15) is 0 Å². The molecule has 0 spiro atoms. The smallest absolute Gasteiger partial charge is 0.234 e. The van der Waals surface area contributed by atoms with Gasteiger partial charge in [-0.3, -0.25) is 4.79 Å². The van der Waals surface area contributed by atoms with Crippen molar-refractivity contribution in [2.75, 3.05) is 6.54 Å². The maximum absolute atomic E-state index is 11.5. The van der Waals surface area contributed by atoms with Crippen molar-refractivity contribution in [1.29, 1.82) is 5.26 Å². The second-order valence-corrected chi connectivity index (χ2v) is 4.29. The van der Waals surface area contributed by atoms with Crippen LogP contribution in [0.4, 0.5) is 0 Å². The third-order valence-corrected chi connectivity index (χ3v) is 2.69. The molecule has 0 aromatic heterocycles. The molecule has 0 radical (unpaired) electrons. The van der Waals surface area contributed by atoms with Crippen LogP contribution in [0.15, 0.2) is 24.3 Å². The first-order chi connectivity index (χ1) is 8.65.